The average Bonchev–Trinajstić information content (AvgIpc) is 3.31. The lowest BCUT2D eigenvalue weighted by Crippen LogP contribution is -2.30. The number of amides is 1. The molecule has 0 saturated heterocycles. The van der Waals surface area contributed by atoms with Gasteiger partial charge in [-0.05, 0) is 41.0 Å². The fourth-order valence-corrected chi connectivity index (χ4v) is 4.69. The molecule has 0 saturated carbocycles. The molecular formula is C24H28N4O3S. The third-order valence-electron chi connectivity index (χ3n) is 5.04. The standard InChI is InChI=1S/C24H28N4O3S/c1-3-28(4-2)32(30,31)23-13-10-20(11-14-23)12-15-24(29)25-18-21-6-8-22(9-7-21)19-27-17-5-16-26-27/h5-17H,3-4,18-19H2,1-2H3,(H,25,29)/b15-12+. The zero-order chi connectivity index (χ0) is 23.0. The van der Waals surface area contributed by atoms with E-state index in [-0.39, 0.29) is 10.8 Å². The Morgan fingerprint density at radius 3 is 2.28 bits per heavy atom. The van der Waals surface area contributed by atoms with Crippen LogP contribution in [0.25, 0.3) is 6.08 Å². The molecule has 0 aliphatic carbocycles. The van der Waals surface area contributed by atoms with Crippen LogP contribution >= 0.6 is 0 Å². The summed E-state index contributed by atoms with van der Waals surface area (Å²) < 4.78 is 28.3. The lowest BCUT2D eigenvalue weighted by atomic mass is 10.1. The van der Waals surface area contributed by atoms with Crippen molar-refractivity contribution < 1.29 is 13.2 Å². The minimum Gasteiger partial charge on any atom is -0.348 e. The van der Waals surface area contributed by atoms with Gasteiger partial charge in [-0.2, -0.15) is 9.40 Å². The van der Waals surface area contributed by atoms with Gasteiger partial charge in [0.15, 0.2) is 0 Å². The fraction of sp³-hybridized carbons (Fsp3) is 0.250. The molecule has 1 amide bonds. The predicted molar refractivity (Wildman–Crippen MR) is 125 cm³/mol. The van der Waals surface area contributed by atoms with E-state index >= 15 is 0 Å². The number of hydrogen-bond donors (Lipinski definition) is 1. The van der Waals surface area contributed by atoms with Gasteiger partial charge in [0.25, 0.3) is 0 Å². The highest BCUT2D eigenvalue weighted by molar-refractivity contribution is 7.89. The van der Waals surface area contributed by atoms with Crippen molar-refractivity contribution >= 4 is 22.0 Å². The molecule has 3 aromatic rings. The average molecular weight is 453 g/mol. The second kappa shape index (κ2) is 10.9. The van der Waals surface area contributed by atoms with E-state index in [1.807, 2.05) is 55.1 Å². The van der Waals surface area contributed by atoms with Crippen molar-refractivity contribution in [3.05, 3.63) is 89.8 Å². The van der Waals surface area contributed by atoms with Gasteiger partial charge in [-0.15, -0.1) is 0 Å². The summed E-state index contributed by atoms with van der Waals surface area (Å²) >= 11 is 0. The van der Waals surface area contributed by atoms with Gasteiger partial charge in [0.1, 0.15) is 0 Å². The molecule has 32 heavy (non-hydrogen) atoms. The van der Waals surface area contributed by atoms with Crippen molar-refractivity contribution in [3.8, 4) is 0 Å². The molecule has 168 valence electrons. The Kier molecular flexibility index (Phi) is 7.97. The van der Waals surface area contributed by atoms with E-state index in [0.717, 1.165) is 16.7 Å². The van der Waals surface area contributed by atoms with Crippen molar-refractivity contribution in [1.29, 1.82) is 0 Å². The summed E-state index contributed by atoms with van der Waals surface area (Å²) in [6.45, 7) is 5.60. The largest absolute Gasteiger partial charge is 0.348 e. The first-order valence-corrected chi connectivity index (χ1v) is 12.0. The van der Waals surface area contributed by atoms with Crippen LogP contribution in [0.2, 0.25) is 0 Å². The quantitative estimate of drug-likeness (QED) is 0.479. The lowest BCUT2D eigenvalue weighted by molar-refractivity contribution is -0.116. The molecule has 2 aromatic carbocycles. The molecule has 3 rings (SSSR count). The molecule has 0 fully saturated rings. The molecule has 0 unspecified atom stereocenters. The molecule has 1 heterocycles. The summed E-state index contributed by atoms with van der Waals surface area (Å²) in [7, 11) is -3.48. The smallest absolute Gasteiger partial charge is 0.244 e. The second-order valence-electron chi connectivity index (χ2n) is 7.23. The number of aromatic nitrogens is 2. The van der Waals surface area contributed by atoms with Gasteiger partial charge in [0.2, 0.25) is 15.9 Å². The van der Waals surface area contributed by atoms with Crippen LogP contribution < -0.4 is 5.32 Å². The van der Waals surface area contributed by atoms with Crippen LogP contribution in [0.1, 0.15) is 30.5 Å². The Balaban J connectivity index is 1.52. The van der Waals surface area contributed by atoms with Gasteiger partial charge >= 0.3 is 0 Å². The summed E-state index contributed by atoms with van der Waals surface area (Å²) in [4.78, 5) is 12.4. The number of carbonyl (C=O) groups excluding carboxylic acids is 1. The van der Waals surface area contributed by atoms with Crippen molar-refractivity contribution in [2.75, 3.05) is 13.1 Å². The van der Waals surface area contributed by atoms with E-state index < -0.39 is 10.0 Å². The Hall–Kier alpha value is -3.23. The van der Waals surface area contributed by atoms with E-state index in [1.165, 1.54) is 10.4 Å². The van der Waals surface area contributed by atoms with E-state index in [0.29, 0.717) is 26.2 Å². The molecule has 0 spiro atoms. The normalized spacial score (nSPS) is 11.8. The Morgan fingerprint density at radius 2 is 1.69 bits per heavy atom. The van der Waals surface area contributed by atoms with Gasteiger partial charge in [-0.1, -0.05) is 50.2 Å². The minimum atomic E-state index is -3.48. The number of hydrogen-bond acceptors (Lipinski definition) is 4. The van der Waals surface area contributed by atoms with Gasteiger partial charge < -0.3 is 5.32 Å². The lowest BCUT2D eigenvalue weighted by Gasteiger charge is -2.18. The predicted octanol–water partition coefficient (Wildman–Crippen LogP) is 3.29. The first kappa shape index (κ1) is 23.4. The summed E-state index contributed by atoms with van der Waals surface area (Å²) in [5.41, 5.74) is 2.89. The van der Waals surface area contributed by atoms with Crippen LogP contribution in [-0.4, -0.2) is 41.5 Å². The van der Waals surface area contributed by atoms with Crippen molar-refractivity contribution in [2.45, 2.75) is 31.8 Å². The zero-order valence-corrected chi connectivity index (χ0v) is 19.1. The highest BCUT2D eigenvalue weighted by Gasteiger charge is 2.20. The van der Waals surface area contributed by atoms with E-state index in [1.54, 1.807) is 36.5 Å². The van der Waals surface area contributed by atoms with Gasteiger partial charge in [-0.25, -0.2) is 8.42 Å². The molecule has 8 heteroatoms. The number of nitrogens with one attached hydrogen (secondary N) is 1. The second-order valence-corrected chi connectivity index (χ2v) is 9.17. The first-order valence-electron chi connectivity index (χ1n) is 10.5. The van der Waals surface area contributed by atoms with Crippen LogP contribution in [0.15, 0.2) is 78.0 Å². The van der Waals surface area contributed by atoms with Crippen LogP contribution in [0, 0.1) is 0 Å². The Morgan fingerprint density at radius 1 is 1.03 bits per heavy atom. The fourth-order valence-electron chi connectivity index (χ4n) is 3.23. The highest BCUT2D eigenvalue weighted by Crippen LogP contribution is 2.16. The molecule has 0 aliphatic heterocycles. The van der Waals surface area contributed by atoms with E-state index in [4.69, 9.17) is 0 Å². The van der Waals surface area contributed by atoms with Crippen LogP contribution in [-0.2, 0) is 27.9 Å². The van der Waals surface area contributed by atoms with Crippen LogP contribution in [0.4, 0.5) is 0 Å². The molecule has 0 bridgehead atoms. The van der Waals surface area contributed by atoms with E-state index in [9.17, 15) is 13.2 Å². The van der Waals surface area contributed by atoms with Crippen molar-refractivity contribution in [1.82, 2.24) is 19.4 Å². The van der Waals surface area contributed by atoms with E-state index in [2.05, 4.69) is 10.4 Å². The van der Waals surface area contributed by atoms with Gasteiger partial charge in [0.05, 0.1) is 11.4 Å². The summed E-state index contributed by atoms with van der Waals surface area (Å²) in [5, 5.41) is 7.05. The van der Waals surface area contributed by atoms with Crippen molar-refractivity contribution in [2.24, 2.45) is 0 Å². The number of carbonyl (C=O) groups is 1. The van der Waals surface area contributed by atoms with Crippen LogP contribution in [0.5, 0.6) is 0 Å². The number of rotatable bonds is 10. The first-order chi connectivity index (χ1) is 15.4. The van der Waals surface area contributed by atoms with Crippen LogP contribution in [0.3, 0.4) is 0 Å². The molecule has 0 atom stereocenters. The summed E-state index contributed by atoms with van der Waals surface area (Å²) in [6, 6.07) is 16.4. The molecular weight excluding hydrogens is 424 g/mol. The third kappa shape index (κ3) is 6.15. The number of sulfonamides is 1. The SMILES string of the molecule is CCN(CC)S(=O)(=O)c1ccc(/C=C/C(=O)NCc2ccc(Cn3cccn3)cc2)cc1. The number of benzene rings is 2. The molecule has 1 aromatic heterocycles. The third-order valence-corrected chi connectivity index (χ3v) is 7.11. The maximum absolute atomic E-state index is 12.5. The Labute approximate surface area is 189 Å². The number of nitrogens with zero attached hydrogens (tertiary/aromatic N) is 3. The molecule has 7 nitrogen and oxygen atoms in total. The van der Waals surface area contributed by atoms with Gasteiger partial charge in [0, 0.05) is 38.1 Å². The molecule has 0 radical (unpaired) electrons. The summed E-state index contributed by atoms with van der Waals surface area (Å²) in [6.07, 6.45) is 6.77. The molecule has 1 N–H and O–H groups in total. The maximum Gasteiger partial charge on any atom is 0.244 e. The minimum absolute atomic E-state index is 0.217. The van der Waals surface area contributed by atoms with Gasteiger partial charge in [-0.3, -0.25) is 9.48 Å². The summed E-state index contributed by atoms with van der Waals surface area (Å²) in [5.74, 6) is -0.217. The monoisotopic (exact) mass is 452 g/mol. The van der Waals surface area contributed by atoms with Crippen molar-refractivity contribution in [3.63, 3.8) is 0 Å². The molecule has 0 aliphatic rings. The Bertz CT molecular complexity index is 1130. The highest BCUT2D eigenvalue weighted by atomic mass is 32.2. The topological polar surface area (TPSA) is 84.3 Å². The zero-order valence-electron chi connectivity index (χ0n) is 18.3. The maximum atomic E-state index is 12.5.